The molecule has 0 heterocycles. The zero-order valence-electron chi connectivity index (χ0n) is 12.1. The predicted octanol–water partition coefficient (Wildman–Crippen LogP) is 3.28. The lowest BCUT2D eigenvalue weighted by Gasteiger charge is -2.27. The van der Waals surface area contributed by atoms with Gasteiger partial charge in [0.1, 0.15) is 0 Å². The molecule has 0 aliphatic heterocycles. The van der Waals surface area contributed by atoms with E-state index in [2.05, 4.69) is 45.0 Å². The van der Waals surface area contributed by atoms with Gasteiger partial charge in [0.2, 0.25) is 0 Å². The lowest BCUT2D eigenvalue weighted by atomic mass is 10.1. The number of hydrogen-bond acceptors (Lipinski definition) is 2. The molecule has 0 saturated carbocycles. The van der Waals surface area contributed by atoms with Gasteiger partial charge in [0.25, 0.3) is 0 Å². The fourth-order valence-electron chi connectivity index (χ4n) is 2.00. The third-order valence-corrected chi connectivity index (χ3v) is 3.30. The van der Waals surface area contributed by atoms with Gasteiger partial charge in [0.05, 0.1) is 0 Å². The first kappa shape index (κ1) is 15.9. The molecular weight excluding hydrogens is 196 g/mol. The van der Waals surface area contributed by atoms with Gasteiger partial charge in [-0.05, 0) is 53.2 Å². The Hall–Kier alpha value is -0.0800. The highest BCUT2D eigenvalue weighted by molar-refractivity contribution is 4.70. The summed E-state index contributed by atoms with van der Waals surface area (Å²) in [5.74, 6) is 0. The standard InChI is InChI=1S/C14H32N2/c1-6-8-9-11-16(5)14(4)12-13(3)15-10-7-2/h13-15H,6-12H2,1-5H3. The molecule has 0 aliphatic carbocycles. The SMILES string of the molecule is CCCCCN(C)C(C)CC(C)NCCC. The van der Waals surface area contributed by atoms with Crippen LogP contribution in [-0.4, -0.2) is 37.1 Å². The molecule has 0 aromatic heterocycles. The van der Waals surface area contributed by atoms with E-state index in [0.717, 1.165) is 6.54 Å². The largest absolute Gasteiger partial charge is 0.314 e. The Morgan fingerprint density at radius 3 is 2.31 bits per heavy atom. The molecule has 98 valence electrons. The first-order valence-electron chi connectivity index (χ1n) is 7.05. The molecule has 0 saturated heterocycles. The van der Waals surface area contributed by atoms with Crippen molar-refractivity contribution in [3.8, 4) is 0 Å². The maximum absolute atomic E-state index is 3.56. The Labute approximate surface area is 103 Å². The van der Waals surface area contributed by atoms with Crippen LogP contribution in [0.5, 0.6) is 0 Å². The van der Waals surface area contributed by atoms with Gasteiger partial charge in [0.15, 0.2) is 0 Å². The van der Waals surface area contributed by atoms with Gasteiger partial charge >= 0.3 is 0 Å². The predicted molar refractivity (Wildman–Crippen MR) is 74.0 cm³/mol. The molecule has 0 aliphatic rings. The van der Waals surface area contributed by atoms with Crippen LogP contribution in [0.25, 0.3) is 0 Å². The summed E-state index contributed by atoms with van der Waals surface area (Å²) in [6.45, 7) is 11.5. The van der Waals surface area contributed by atoms with Crippen molar-refractivity contribution in [1.29, 1.82) is 0 Å². The monoisotopic (exact) mass is 228 g/mol. The maximum atomic E-state index is 3.56. The third kappa shape index (κ3) is 8.12. The van der Waals surface area contributed by atoms with Crippen molar-refractivity contribution < 1.29 is 0 Å². The van der Waals surface area contributed by atoms with E-state index in [0.29, 0.717) is 12.1 Å². The van der Waals surface area contributed by atoms with E-state index in [9.17, 15) is 0 Å². The van der Waals surface area contributed by atoms with Crippen LogP contribution in [0.1, 0.15) is 59.8 Å². The van der Waals surface area contributed by atoms with Gasteiger partial charge in [-0.2, -0.15) is 0 Å². The Kier molecular flexibility index (Phi) is 10.0. The van der Waals surface area contributed by atoms with E-state index in [1.807, 2.05) is 0 Å². The average Bonchev–Trinajstić information content (AvgIpc) is 2.26. The minimum atomic E-state index is 0.642. The quantitative estimate of drug-likeness (QED) is 0.577. The van der Waals surface area contributed by atoms with Gasteiger partial charge < -0.3 is 10.2 Å². The zero-order chi connectivity index (χ0) is 12.4. The van der Waals surface area contributed by atoms with E-state index in [-0.39, 0.29) is 0 Å². The number of nitrogens with one attached hydrogen (secondary N) is 1. The summed E-state index contributed by atoms with van der Waals surface area (Å²) in [5.41, 5.74) is 0. The van der Waals surface area contributed by atoms with Crippen LogP contribution >= 0.6 is 0 Å². The van der Waals surface area contributed by atoms with Crippen molar-refractivity contribution in [2.24, 2.45) is 0 Å². The van der Waals surface area contributed by atoms with E-state index < -0.39 is 0 Å². The molecule has 0 bridgehead atoms. The molecule has 16 heavy (non-hydrogen) atoms. The number of rotatable bonds is 10. The summed E-state index contributed by atoms with van der Waals surface area (Å²) in [6, 6.07) is 1.33. The summed E-state index contributed by atoms with van der Waals surface area (Å²) < 4.78 is 0. The van der Waals surface area contributed by atoms with Gasteiger partial charge in [-0.15, -0.1) is 0 Å². The molecule has 0 aromatic rings. The van der Waals surface area contributed by atoms with Crippen molar-refractivity contribution in [3.63, 3.8) is 0 Å². The molecule has 0 radical (unpaired) electrons. The Balaban J connectivity index is 3.63. The normalized spacial score (nSPS) is 15.4. The molecule has 2 unspecified atom stereocenters. The van der Waals surface area contributed by atoms with Crippen LogP contribution in [0.4, 0.5) is 0 Å². The first-order chi connectivity index (χ1) is 7.61. The minimum Gasteiger partial charge on any atom is -0.314 e. The van der Waals surface area contributed by atoms with E-state index in [1.54, 1.807) is 0 Å². The highest BCUT2D eigenvalue weighted by Gasteiger charge is 2.12. The van der Waals surface area contributed by atoms with Crippen molar-refractivity contribution in [3.05, 3.63) is 0 Å². The molecule has 0 aromatic carbocycles. The molecule has 0 amide bonds. The molecule has 2 nitrogen and oxygen atoms in total. The average molecular weight is 228 g/mol. The highest BCUT2D eigenvalue weighted by Crippen LogP contribution is 2.07. The fourth-order valence-corrected chi connectivity index (χ4v) is 2.00. The molecule has 2 atom stereocenters. The lowest BCUT2D eigenvalue weighted by Crippen LogP contribution is -2.37. The van der Waals surface area contributed by atoms with Crippen LogP contribution in [0.2, 0.25) is 0 Å². The maximum Gasteiger partial charge on any atom is 0.00785 e. The summed E-state index contributed by atoms with van der Waals surface area (Å²) in [6.07, 6.45) is 6.50. The first-order valence-corrected chi connectivity index (χ1v) is 7.05. The van der Waals surface area contributed by atoms with Crippen LogP contribution in [0.3, 0.4) is 0 Å². The second-order valence-electron chi connectivity index (χ2n) is 5.13. The Bertz CT molecular complexity index is 148. The molecular formula is C14H32N2. The van der Waals surface area contributed by atoms with Crippen molar-refractivity contribution in [2.45, 2.75) is 71.9 Å². The molecule has 0 fully saturated rings. The smallest absolute Gasteiger partial charge is 0.00785 e. The van der Waals surface area contributed by atoms with E-state index >= 15 is 0 Å². The van der Waals surface area contributed by atoms with Gasteiger partial charge in [0, 0.05) is 12.1 Å². The Morgan fingerprint density at radius 2 is 1.75 bits per heavy atom. The fraction of sp³-hybridized carbons (Fsp3) is 1.00. The van der Waals surface area contributed by atoms with Crippen LogP contribution in [-0.2, 0) is 0 Å². The summed E-state index contributed by atoms with van der Waals surface area (Å²) in [4.78, 5) is 2.50. The summed E-state index contributed by atoms with van der Waals surface area (Å²) in [5, 5.41) is 3.56. The van der Waals surface area contributed by atoms with Gasteiger partial charge in [-0.3, -0.25) is 0 Å². The number of unbranched alkanes of at least 4 members (excludes halogenated alkanes) is 2. The minimum absolute atomic E-state index is 0.642. The van der Waals surface area contributed by atoms with E-state index in [4.69, 9.17) is 0 Å². The zero-order valence-corrected chi connectivity index (χ0v) is 12.1. The third-order valence-electron chi connectivity index (χ3n) is 3.30. The molecule has 0 spiro atoms. The lowest BCUT2D eigenvalue weighted by molar-refractivity contribution is 0.226. The van der Waals surface area contributed by atoms with Gasteiger partial charge in [-0.25, -0.2) is 0 Å². The molecule has 0 rings (SSSR count). The molecule has 2 heteroatoms. The van der Waals surface area contributed by atoms with Crippen LogP contribution in [0.15, 0.2) is 0 Å². The van der Waals surface area contributed by atoms with Crippen molar-refractivity contribution in [2.75, 3.05) is 20.1 Å². The topological polar surface area (TPSA) is 15.3 Å². The summed E-state index contributed by atoms with van der Waals surface area (Å²) in [7, 11) is 2.26. The number of nitrogens with zero attached hydrogens (tertiary/aromatic N) is 1. The summed E-state index contributed by atoms with van der Waals surface area (Å²) >= 11 is 0. The van der Waals surface area contributed by atoms with Crippen LogP contribution in [0, 0.1) is 0 Å². The van der Waals surface area contributed by atoms with Gasteiger partial charge in [-0.1, -0.05) is 26.7 Å². The highest BCUT2D eigenvalue weighted by atomic mass is 15.1. The second kappa shape index (κ2) is 10.1. The van der Waals surface area contributed by atoms with Crippen molar-refractivity contribution in [1.82, 2.24) is 10.2 Å². The van der Waals surface area contributed by atoms with Crippen molar-refractivity contribution >= 4 is 0 Å². The second-order valence-corrected chi connectivity index (χ2v) is 5.13. The van der Waals surface area contributed by atoms with E-state index in [1.165, 1.54) is 38.6 Å². The Morgan fingerprint density at radius 1 is 1.06 bits per heavy atom. The van der Waals surface area contributed by atoms with Crippen LogP contribution < -0.4 is 5.32 Å². The molecule has 1 N–H and O–H groups in total. The number of hydrogen-bond donors (Lipinski definition) is 1.